The molecule has 5 heteroatoms. The third-order valence-corrected chi connectivity index (χ3v) is 5.00. The Balaban J connectivity index is 0.00000196. The molecule has 0 bridgehead atoms. The quantitative estimate of drug-likeness (QED) is 0.385. The first-order valence-electron chi connectivity index (χ1n) is 8.71. The molecule has 27 heavy (non-hydrogen) atoms. The average molecular weight is 382 g/mol. The molecular formula is C22H26F4O. The van der Waals surface area contributed by atoms with Crippen LogP contribution in [0.2, 0.25) is 0 Å². The molecule has 0 amide bonds. The molecule has 0 saturated heterocycles. The second kappa shape index (κ2) is 9.07. The minimum absolute atomic E-state index is 0. The van der Waals surface area contributed by atoms with Gasteiger partial charge in [0, 0.05) is 1.43 Å². The molecule has 0 radical (unpaired) electrons. The second-order valence-electron chi connectivity index (χ2n) is 6.87. The lowest BCUT2D eigenvalue weighted by Gasteiger charge is -2.26. The van der Waals surface area contributed by atoms with E-state index in [1.54, 1.807) is 0 Å². The molecule has 0 unspecified atom stereocenters. The van der Waals surface area contributed by atoms with Crippen LogP contribution in [0.3, 0.4) is 0 Å². The van der Waals surface area contributed by atoms with Gasteiger partial charge in [0.25, 0.3) is 0 Å². The number of benzene rings is 2. The second-order valence-corrected chi connectivity index (χ2v) is 6.87. The van der Waals surface area contributed by atoms with Gasteiger partial charge in [-0.2, -0.15) is 8.78 Å². The van der Waals surface area contributed by atoms with E-state index >= 15 is 0 Å². The van der Waals surface area contributed by atoms with Gasteiger partial charge in [0.15, 0.2) is 23.6 Å². The van der Waals surface area contributed by atoms with Crippen molar-refractivity contribution in [1.82, 2.24) is 0 Å². The summed E-state index contributed by atoms with van der Waals surface area (Å²) in [5.74, 6) is -1.58. The molecule has 0 aromatic heterocycles. The highest BCUT2D eigenvalue weighted by Gasteiger charge is 2.20. The number of halogens is 4. The van der Waals surface area contributed by atoms with Gasteiger partial charge >= 0.3 is 6.08 Å². The fourth-order valence-corrected chi connectivity index (χ4v) is 3.48. The molecule has 3 rings (SSSR count). The number of hydrogen-bond acceptors (Lipinski definition) is 1. The standard InChI is InChI=1S/C21H20F4O.CH4.H2/c1-13-2-4-14(5-3-13)15-6-8-16(9-7-15)17-10-18(22)21(19(23)11-17)26-12-20(24)25;;/h6-14H,2-5H2,1H3;1H4;1H. The monoisotopic (exact) mass is 382 g/mol. The maximum absolute atomic E-state index is 14.0. The van der Waals surface area contributed by atoms with Crippen LogP contribution in [0, 0.1) is 17.6 Å². The zero-order valence-corrected chi connectivity index (χ0v) is 14.4. The summed E-state index contributed by atoms with van der Waals surface area (Å²) >= 11 is 0. The summed E-state index contributed by atoms with van der Waals surface area (Å²) in [6.45, 7) is 2.27. The minimum atomic E-state index is -2.17. The Labute approximate surface area is 159 Å². The Hall–Kier alpha value is -2.30. The minimum Gasteiger partial charge on any atom is -0.453 e. The molecule has 1 aliphatic rings. The zero-order valence-electron chi connectivity index (χ0n) is 14.4. The summed E-state index contributed by atoms with van der Waals surface area (Å²) in [5, 5.41) is 0. The van der Waals surface area contributed by atoms with E-state index in [2.05, 4.69) is 11.7 Å². The summed E-state index contributed by atoms with van der Waals surface area (Å²) in [6.07, 6.45) is 2.61. The Morgan fingerprint density at radius 3 is 2.04 bits per heavy atom. The van der Waals surface area contributed by atoms with E-state index < -0.39 is 23.5 Å². The average Bonchev–Trinajstić information content (AvgIpc) is 2.61. The smallest absolute Gasteiger partial charge is 0.305 e. The van der Waals surface area contributed by atoms with E-state index in [4.69, 9.17) is 0 Å². The van der Waals surface area contributed by atoms with Gasteiger partial charge in [-0.25, -0.2) is 8.78 Å². The summed E-state index contributed by atoms with van der Waals surface area (Å²) in [6, 6.07) is 9.83. The van der Waals surface area contributed by atoms with Crippen molar-refractivity contribution in [2.75, 3.05) is 0 Å². The lowest BCUT2D eigenvalue weighted by Crippen LogP contribution is -2.10. The Morgan fingerprint density at radius 1 is 0.963 bits per heavy atom. The van der Waals surface area contributed by atoms with Gasteiger partial charge in [0.1, 0.15) is 0 Å². The maximum Gasteiger partial charge on any atom is 0.305 e. The normalized spacial score (nSPS) is 19.1. The summed E-state index contributed by atoms with van der Waals surface area (Å²) < 4.78 is 56.5. The van der Waals surface area contributed by atoms with Gasteiger partial charge in [-0.05, 0) is 53.5 Å². The van der Waals surface area contributed by atoms with E-state index in [0.717, 1.165) is 30.9 Å². The highest BCUT2D eigenvalue weighted by atomic mass is 19.3. The first kappa shape index (κ1) is 21.0. The highest BCUT2D eigenvalue weighted by Crippen LogP contribution is 2.36. The topological polar surface area (TPSA) is 9.23 Å². The molecule has 0 N–H and O–H groups in total. The molecule has 0 heterocycles. The Morgan fingerprint density at radius 2 is 1.52 bits per heavy atom. The molecular weight excluding hydrogens is 356 g/mol. The van der Waals surface area contributed by atoms with Gasteiger partial charge in [-0.3, -0.25) is 0 Å². The Bertz CT molecular complexity index is 770. The van der Waals surface area contributed by atoms with Crippen LogP contribution in [0.15, 0.2) is 48.7 Å². The van der Waals surface area contributed by atoms with Gasteiger partial charge in [0.2, 0.25) is 0 Å². The summed E-state index contributed by atoms with van der Waals surface area (Å²) in [4.78, 5) is 0. The van der Waals surface area contributed by atoms with Crippen LogP contribution in [0.25, 0.3) is 11.1 Å². The first-order chi connectivity index (χ1) is 12.4. The van der Waals surface area contributed by atoms with Gasteiger partial charge in [0.05, 0.1) is 0 Å². The molecule has 1 aliphatic carbocycles. The molecule has 1 saturated carbocycles. The van der Waals surface area contributed by atoms with Crippen molar-refractivity contribution in [2.45, 2.75) is 46.0 Å². The Kier molecular flexibility index (Phi) is 7.05. The van der Waals surface area contributed by atoms with Crippen LogP contribution in [0.5, 0.6) is 5.75 Å². The largest absolute Gasteiger partial charge is 0.453 e. The van der Waals surface area contributed by atoms with Crippen LogP contribution in [-0.4, -0.2) is 0 Å². The van der Waals surface area contributed by atoms with Crippen LogP contribution in [0.4, 0.5) is 17.6 Å². The number of rotatable bonds is 4. The summed E-state index contributed by atoms with van der Waals surface area (Å²) in [5.41, 5.74) is 2.24. The predicted molar refractivity (Wildman–Crippen MR) is 102 cm³/mol. The van der Waals surface area contributed by atoms with Crippen molar-refractivity contribution in [2.24, 2.45) is 5.92 Å². The van der Waals surface area contributed by atoms with Gasteiger partial charge in [-0.1, -0.05) is 51.5 Å². The number of ether oxygens (including phenoxy) is 1. The molecule has 1 nitrogen and oxygen atoms in total. The van der Waals surface area contributed by atoms with E-state index in [9.17, 15) is 17.6 Å². The fourth-order valence-electron chi connectivity index (χ4n) is 3.48. The van der Waals surface area contributed by atoms with Crippen LogP contribution in [-0.2, 0) is 0 Å². The molecule has 2 aromatic carbocycles. The van der Waals surface area contributed by atoms with Crippen LogP contribution < -0.4 is 4.74 Å². The van der Waals surface area contributed by atoms with E-state index in [1.165, 1.54) is 18.4 Å². The summed E-state index contributed by atoms with van der Waals surface area (Å²) in [7, 11) is 0. The van der Waals surface area contributed by atoms with Crippen molar-refractivity contribution in [3.05, 3.63) is 65.9 Å². The van der Waals surface area contributed by atoms with Crippen molar-refractivity contribution in [3.63, 3.8) is 0 Å². The first-order valence-corrected chi connectivity index (χ1v) is 8.71. The lowest BCUT2D eigenvalue weighted by molar-refractivity contribution is 0.344. The number of hydrogen-bond donors (Lipinski definition) is 0. The van der Waals surface area contributed by atoms with E-state index in [-0.39, 0.29) is 15.1 Å². The van der Waals surface area contributed by atoms with Crippen molar-refractivity contribution >= 4 is 0 Å². The van der Waals surface area contributed by atoms with Crippen molar-refractivity contribution in [3.8, 4) is 16.9 Å². The molecule has 148 valence electrons. The molecule has 2 aromatic rings. The van der Waals surface area contributed by atoms with Crippen molar-refractivity contribution in [1.29, 1.82) is 0 Å². The van der Waals surface area contributed by atoms with Crippen molar-refractivity contribution < 1.29 is 23.7 Å². The lowest BCUT2D eigenvalue weighted by atomic mass is 9.79. The zero-order chi connectivity index (χ0) is 18.7. The van der Waals surface area contributed by atoms with E-state index in [0.29, 0.717) is 17.0 Å². The maximum atomic E-state index is 14.0. The predicted octanol–water partition coefficient (Wildman–Crippen LogP) is 7.92. The fraction of sp³-hybridized carbons (Fsp3) is 0.364. The van der Waals surface area contributed by atoms with Gasteiger partial charge < -0.3 is 4.74 Å². The third-order valence-electron chi connectivity index (χ3n) is 5.00. The SMILES string of the molecule is C.CC1CCC(c2ccc(-c3cc(F)c(OC=C(F)F)c(F)c3)cc2)CC1.[HH]. The molecule has 0 atom stereocenters. The van der Waals surface area contributed by atoms with Gasteiger partial charge in [-0.15, -0.1) is 0 Å². The van der Waals surface area contributed by atoms with E-state index in [1.807, 2.05) is 24.3 Å². The molecule has 0 spiro atoms. The third kappa shape index (κ3) is 5.12. The van der Waals surface area contributed by atoms with Crippen LogP contribution in [0.1, 0.15) is 52.9 Å². The molecule has 0 aliphatic heterocycles. The van der Waals surface area contributed by atoms with Crippen LogP contribution >= 0.6 is 0 Å². The molecule has 1 fully saturated rings. The highest BCUT2D eigenvalue weighted by molar-refractivity contribution is 5.65.